The number of nitrogens with one attached hydrogen (secondary N) is 1. The second-order valence-electron chi connectivity index (χ2n) is 4.97. The van der Waals surface area contributed by atoms with Gasteiger partial charge in [-0.1, -0.05) is 19.1 Å². The average Bonchev–Trinajstić information content (AvgIpc) is 2.99. The normalized spacial score (nSPS) is 13.7. The fourth-order valence-electron chi connectivity index (χ4n) is 2.14. The van der Waals surface area contributed by atoms with E-state index in [4.69, 9.17) is 4.42 Å². The van der Waals surface area contributed by atoms with Gasteiger partial charge in [-0.3, -0.25) is 4.79 Å². The Bertz CT molecular complexity index is 566. The highest BCUT2D eigenvalue weighted by Crippen LogP contribution is 2.20. The second kappa shape index (κ2) is 7.04. The van der Waals surface area contributed by atoms with Crippen LogP contribution in [0.3, 0.4) is 0 Å². The zero-order chi connectivity index (χ0) is 15.2. The highest BCUT2D eigenvalue weighted by Gasteiger charge is 2.18. The molecule has 21 heavy (non-hydrogen) atoms. The van der Waals surface area contributed by atoms with Crippen molar-refractivity contribution in [1.29, 1.82) is 0 Å². The van der Waals surface area contributed by atoms with E-state index in [1.54, 1.807) is 24.3 Å². The molecule has 1 heterocycles. The molecular formula is C16H18FNO3. The SMILES string of the molecule is CC(CC(=O)NC(CO)c1ccco1)c1ccc(F)cc1. The Morgan fingerprint density at radius 1 is 1.33 bits per heavy atom. The fourth-order valence-corrected chi connectivity index (χ4v) is 2.14. The Labute approximate surface area is 122 Å². The van der Waals surface area contributed by atoms with Gasteiger partial charge in [-0.2, -0.15) is 0 Å². The van der Waals surface area contributed by atoms with E-state index in [-0.39, 0.29) is 30.7 Å². The highest BCUT2D eigenvalue weighted by atomic mass is 19.1. The number of hydrogen-bond acceptors (Lipinski definition) is 3. The molecule has 1 amide bonds. The lowest BCUT2D eigenvalue weighted by Gasteiger charge is -2.16. The smallest absolute Gasteiger partial charge is 0.221 e. The molecule has 1 aromatic heterocycles. The molecule has 4 nitrogen and oxygen atoms in total. The first-order chi connectivity index (χ1) is 10.1. The monoisotopic (exact) mass is 291 g/mol. The number of amides is 1. The first-order valence-corrected chi connectivity index (χ1v) is 6.79. The highest BCUT2D eigenvalue weighted by molar-refractivity contribution is 5.77. The van der Waals surface area contributed by atoms with E-state index in [1.807, 2.05) is 6.92 Å². The van der Waals surface area contributed by atoms with Crippen LogP contribution in [0.2, 0.25) is 0 Å². The number of rotatable bonds is 6. The van der Waals surface area contributed by atoms with Gasteiger partial charge in [0.1, 0.15) is 17.6 Å². The minimum absolute atomic E-state index is 0.0402. The number of aliphatic hydroxyl groups is 1. The first kappa shape index (κ1) is 15.3. The van der Waals surface area contributed by atoms with Gasteiger partial charge in [0.15, 0.2) is 0 Å². The van der Waals surface area contributed by atoms with E-state index in [9.17, 15) is 14.3 Å². The Morgan fingerprint density at radius 3 is 2.62 bits per heavy atom. The Balaban J connectivity index is 1.93. The third-order valence-corrected chi connectivity index (χ3v) is 3.34. The molecule has 2 N–H and O–H groups in total. The minimum atomic E-state index is -0.548. The summed E-state index contributed by atoms with van der Waals surface area (Å²) in [4.78, 5) is 12.0. The van der Waals surface area contributed by atoms with Crippen LogP contribution in [0.15, 0.2) is 47.1 Å². The molecule has 0 bridgehead atoms. The number of carbonyl (C=O) groups excluding carboxylic acids is 1. The molecule has 0 aliphatic carbocycles. The summed E-state index contributed by atoms with van der Waals surface area (Å²) >= 11 is 0. The summed E-state index contributed by atoms with van der Waals surface area (Å²) in [7, 11) is 0. The molecule has 2 aromatic rings. The summed E-state index contributed by atoms with van der Waals surface area (Å²) in [5, 5.41) is 12.0. The summed E-state index contributed by atoms with van der Waals surface area (Å²) in [5.41, 5.74) is 0.894. The van der Waals surface area contributed by atoms with E-state index in [0.29, 0.717) is 5.76 Å². The molecule has 0 radical (unpaired) electrons. The number of benzene rings is 1. The van der Waals surface area contributed by atoms with Crippen molar-refractivity contribution in [3.63, 3.8) is 0 Å². The lowest BCUT2D eigenvalue weighted by atomic mass is 9.97. The van der Waals surface area contributed by atoms with Crippen molar-refractivity contribution in [2.24, 2.45) is 0 Å². The zero-order valence-corrected chi connectivity index (χ0v) is 11.8. The lowest BCUT2D eigenvalue weighted by molar-refractivity contribution is -0.122. The summed E-state index contributed by atoms with van der Waals surface area (Å²) in [5.74, 6) is -0.0160. The molecule has 1 aromatic carbocycles. The van der Waals surface area contributed by atoms with Crippen molar-refractivity contribution in [1.82, 2.24) is 5.32 Å². The van der Waals surface area contributed by atoms with E-state index in [1.165, 1.54) is 18.4 Å². The van der Waals surface area contributed by atoms with Gasteiger partial charge < -0.3 is 14.8 Å². The Hall–Kier alpha value is -2.14. The molecule has 0 spiro atoms. The molecule has 0 fully saturated rings. The first-order valence-electron chi connectivity index (χ1n) is 6.79. The molecular weight excluding hydrogens is 273 g/mol. The van der Waals surface area contributed by atoms with Gasteiger partial charge in [0, 0.05) is 6.42 Å². The van der Waals surface area contributed by atoms with Crippen molar-refractivity contribution in [2.75, 3.05) is 6.61 Å². The van der Waals surface area contributed by atoms with Gasteiger partial charge >= 0.3 is 0 Å². The van der Waals surface area contributed by atoms with Crippen LogP contribution in [0.4, 0.5) is 4.39 Å². The van der Waals surface area contributed by atoms with Crippen LogP contribution >= 0.6 is 0 Å². The van der Waals surface area contributed by atoms with Crippen LogP contribution in [0.25, 0.3) is 0 Å². The average molecular weight is 291 g/mol. The molecule has 2 atom stereocenters. The van der Waals surface area contributed by atoms with Gasteiger partial charge in [-0.15, -0.1) is 0 Å². The lowest BCUT2D eigenvalue weighted by Crippen LogP contribution is -2.31. The van der Waals surface area contributed by atoms with E-state index >= 15 is 0 Å². The topological polar surface area (TPSA) is 62.5 Å². The van der Waals surface area contributed by atoms with Crippen molar-refractivity contribution in [3.8, 4) is 0 Å². The molecule has 0 aliphatic heterocycles. The van der Waals surface area contributed by atoms with Crippen LogP contribution in [0.5, 0.6) is 0 Å². The molecule has 0 saturated carbocycles. The van der Waals surface area contributed by atoms with E-state index in [2.05, 4.69) is 5.32 Å². The van der Waals surface area contributed by atoms with Crippen LogP contribution < -0.4 is 5.32 Å². The van der Waals surface area contributed by atoms with Gasteiger partial charge in [0.25, 0.3) is 0 Å². The maximum atomic E-state index is 12.9. The second-order valence-corrected chi connectivity index (χ2v) is 4.97. The molecule has 2 unspecified atom stereocenters. The number of aliphatic hydroxyl groups excluding tert-OH is 1. The fraction of sp³-hybridized carbons (Fsp3) is 0.312. The zero-order valence-electron chi connectivity index (χ0n) is 11.8. The molecule has 5 heteroatoms. The summed E-state index contributed by atoms with van der Waals surface area (Å²) in [6.07, 6.45) is 1.74. The number of hydrogen-bond donors (Lipinski definition) is 2. The maximum absolute atomic E-state index is 12.9. The van der Waals surface area contributed by atoms with Crippen molar-refractivity contribution >= 4 is 5.91 Å². The molecule has 112 valence electrons. The Kier molecular flexibility index (Phi) is 5.11. The number of halogens is 1. The number of furan rings is 1. The Morgan fingerprint density at radius 2 is 2.05 bits per heavy atom. The maximum Gasteiger partial charge on any atom is 0.221 e. The standard InChI is InChI=1S/C16H18FNO3/c1-11(12-4-6-13(17)7-5-12)9-16(20)18-14(10-19)15-3-2-8-21-15/h2-8,11,14,19H,9-10H2,1H3,(H,18,20). The number of carbonyl (C=O) groups is 1. The van der Waals surface area contributed by atoms with Crippen LogP contribution in [0, 0.1) is 5.82 Å². The van der Waals surface area contributed by atoms with Crippen LogP contribution in [-0.4, -0.2) is 17.6 Å². The van der Waals surface area contributed by atoms with Crippen molar-refractivity contribution in [3.05, 3.63) is 59.8 Å². The predicted molar refractivity (Wildman–Crippen MR) is 76.1 cm³/mol. The summed E-state index contributed by atoms with van der Waals surface area (Å²) in [6.45, 7) is 1.66. The van der Waals surface area contributed by atoms with Gasteiger partial charge in [-0.25, -0.2) is 4.39 Å². The molecule has 2 rings (SSSR count). The van der Waals surface area contributed by atoms with Crippen LogP contribution in [-0.2, 0) is 4.79 Å². The van der Waals surface area contributed by atoms with E-state index in [0.717, 1.165) is 5.56 Å². The minimum Gasteiger partial charge on any atom is -0.467 e. The molecule has 0 aliphatic rings. The van der Waals surface area contributed by atoms with Gasteiger partial charge in [-0.05, 0) is 35.7 Å². The van der Waals surface area contributed by atoms with E-state index < -0.39 is 6.04 Å². The van der Waals surface area contributed by atoms with Crippen molar-refractivity contribution in [2.45, 2.75) is 25.3 Å². The van der Waals surface area contributed by atoms with Gasteiger partial charge in [0.2, 0.25) is 5.91 Å². The summed E-state index contributed by atoms with van der Waals surface area (Å²) < 4.78 is 18.0. The third kappa shape index (κ3) is 4.16. The predicted octanol–water partition coefficient (Wildman–Crippen LogP) is 2.76. The van der Waals surface area contributed by atoms with Crippen molar-refractivity contribution < 1.29 is 18.7 Å². The van der Waals surface area contributed by atoms with Crippen LogP contribution in [0.1, 0.15) is 36.6 Å². The third-order valence-electron chi connectivity index (χ3n) is 3.34. The largest absolute Gasteiger partial charge is 0.467 e. The molecule has 0 saturated heterocycles. The quantitative estimate of drug-likeness (QED) is 0.860. The summed E-state index contributed by atoms with van der Waals surface area (Å²) in [6, 6.07) is 8.95. The van der Waals surface area contributed by atoms with Gasteiger partial charge in [0.05, 0.1) is 12.9 Å².